The molecule has 0 heterocycles. The molecule has 5 heteroatoms. The molecule has 1 aromatic carbocycles. The molecule has 1 atom stereocenters. The molecule has 0 fully saturated rings. The molecule has 0 N–H and O–H groups in total. The maximum atomic E-state index is 12.7. The van der Waals surface area contributed by atoms with Crippen molar-refractivity contribution in [1.82, 2.24) is 0 Å². The molecule has 2 aliphatic carbocycles. The van der Waals surface area contributed by atoms with E-state index in [2.05, 4.69) is 4.79 Å². The molecule has 0 aliphatic heterocycles. The van der Waals surface area contributed by atoms with Gasteiger partial charge in [-0.2, -0.15) is 15.3 Å². The van der Waals surface area contributed by atoms with Crippen molar-refractivity contribution in [3.8, 4) is 12.1 Å². The molecule has 0 aromatic heterocycles. The number of benzene rings is 1. The molecule has 2 aliphatic rings. The van der Waals surface area contributed by atoms with Crippen molar-refractivity contribution in [2.75, 3.05) is 0 Å². The second-order valence-corrected chi connectivity index (χ2v) is 4.82. The van der Waals surface area contributed by atoms with Crippen LogP contribution in [0.2, 0.25) is 0 Å². The second kappa shape index (κ2) is 5.10. The molecule has 0 saturated heterocycles. The van der Waals surface area contributed by atoms with E-state index >= 15 is 0 Å². The highest BCUT2D eigenvalue weighted by molar-refractivity contribution is 6.24. The molecule has 1 aromatic rings. The molecule has 102 valence electrons. The smallest absolute Gasteiger partial charge is 0.307 e. The van der Waals surface area contributed by atoms with Gasteiger partial charge in [0.1, 0.15) is 23.6 Å². The Morgan fingerprint density at radius 3 is 2.50 bits per heavy atom. The van der Waals surface area contributed by atoms with Crippen LogP contribution in [0.15, 0.2) is 53.6 Å². The first-order valence-corrected chi connectivity index (χ1v) is 6.51. The summed E-state index contributed by atoms with van der Waals surface area (Å²) in [6, 6.07) is 10.6. The number of fused-ring (bicyclic) bond motifs is 2. The lowest BCUT2D eigenvalue weighted by Crippen LogP contribution is -2.32. The molecule has 0 amide bonds. The van der Waals surface area contributed by atoms with Gasteiger partial charge in [0.25, 0.3) is 0 Å². The number of rotatable bonds is 0. The van der Waals surface area contributed by atoms with Gasteiger partial charge >= 0.3 is 5.71 Å². The summed E-state index contributed by atoms with van der Waals surface area (Å²) in [5.41, 5.74) is 11.2. The van der Waals surface area contributed by atoms with E-state index in [4.69, 9.17) is 5.53 Å². The van der Waals surface area contributed by atoms with Crippen LogP contribution in [0.25, 0.3) is 11.1 Å². The third-order valence-corrected chi connectivity index (χ3v) is 3.75. The van der Waals surface area contributed by atoms with E-state index in [0.29, 0.717) is 22.3 Å². The number of carbonyl (C=O) groups is 1. The highest BCUT2D eigenvalue weighted by Crippen LogP contribution is 2.42. The predicted molar refractivity (Wildman–Crippen MR) is 78.3 cm³/mol. The summed E-state index contributed by atoms with van der Waals surface area (Å²) in [6.07, 6.45) is 4.85. The van der Waals surface area contributed by atoms with Crippen LogP contribution in [0.4, 0.5) is 0 Å². The molecule has 5 nitrogen and oxygen atoms in total. The standard InChI is InChI=1S/C17H8N4O/c18-8-10(9-19)15-11-4-1-2-5-12(11)17(22)16-13(15)6-3-7-14(16)21-20/h1-7,16H. The van der Waals surface area contributed by atoms with Crippen LogP contribution in [-0.2, 0) is 0 Å². The van der Waals surface area contributed by atoms with Gasteiger partial charge in [-0.1, -0.05) is 36.4 Å². The van der Waals surface area contributed by atoms with Gasteiger partial charge in [0.15, 0.2) is 5.78 Å². The van der Waals surface area contributed by atoms with Crippen molar-refractivity contribution < 1.29 is 9.58 Å². The molecule has 0 bridgehead atoms. The summed E-state index contributed by atoms with van der Waals surface area (Å²) in [5.74, 6) is -1.01. The Hall–Kier alpha value is -3.53. The summed E-state index contributed by atoms with van der Waals surface area (Å²) in [5, 5.41) is 18.5. The van der Waals surface area contributed by atoms with E-state index in [-0.39, 0.29) is 17.1 Å². The van der Waals surface area contributed by atoms with Crippen molar-refractivity contribution in [3.05, 3.63) is 70.3 Å². The molecule has 1 unspecified atom stereocenters. The van der Waals surface area contributed by atoms with Crippen LogP contribution in [-0.4, -0.2) is 16.3 Å². The lowest BCUT2D eigenvalue weighted by molar-refractivity contribution is -0.00867. The number of Topliss-reactive ketones (excluding diaryl/α,β-unsaturated/α-hetero) is 1. The van der Waals surface area contributed by atoms with Gasteiger partial charge in [0, 0.05) is 17.2 Å². The Bertz CT molecular complexity index is 912. The maximum Gasteiger partial charge on any atom is 0.307 e. The van der Waals surface area contributed by atoms with E-state index < -0.39 is 5.92 Å². The fraction of sp³-hybridized carbons (Fsp3) is 0.0588. The number of carbonyl (C=O) groups excluding carboxylic acids is 1. The lowest BCUT2D eigenvalue weighted by atomic mass is 9.71. The summed E-state index contributed by atoms with van der Waals surface area (Å²) in [6.45, 7) is 0. The van der Waals surface area contributed by atoms with E-state index in [9.17, 15) is 15.3 Å². The van der Waals surface area contributed by atoms with Crippen LogP contribution in [0.3, 0.4) is 0 Å². The first kappa shape index (κ1) is 13.5. The van der Waals surface area contributed by atoms with E-state index in [1.165, 1.54) is 6.08 Å². The summed E-state index contributed by atoms with van der Waals surface area (Å²) < 4.78 is 0. The SMILES string of the molecule is N#CC(C#N)=C1C2=CC=CC(=[N+]=[N-])C2C(=O)c2ccccc21. The quantitative estimate of drug-likeness (QED) is 0.415. The summed E-state index contributed by atoms with van der Waals surface area (Å²) in [7, 11) is 0. The van der Waals surface area contributed by atoms with Gasteiger partial charge in [-0.25, -0.2) is 0 Å². The number of allylic oxidation sites excluding steroid dienone is 6. The fourth-order valence-corrected chi connectivity index (χ4v) is 2.84. The zero-order chi connectivity index (χ0) is 15.7. The molecular weight excluding hydrogens is 276 g/mol. The van der Waals surface area contributed by atoms with Crippen LogP contribution in [0.5, 0.6) is 0 Å². The largest absolute Gasteiger partial charge is 0.361 e. The molecule has 0 radical (unpaired) electrons. The van der Waals surface area contributed by atoms with Crippen molar-refractivity contribution >= 4 is 17.1 Å². The Morgan fingerprint density at radius 1 is 1.18 bits per heavy atom. The van der Waals surface area contributed by atoms with Crippen LogP contribution in [0.1, 0.15) is 15.9 Å². The lowest BCUT2D eigenvalue weighted by Gasteiger charge is -2.27. The van der Waals surface area contributed by atoms with Gasteiger partial charge in [0.2, 0.25) is 0 Å². The minimum Gasteiger partial charge on any atom is -0.361 e. The van der Waals surface area contributed by atoms with Crippen molar-refractivity contribution in [2.24, 2.45) is 5.92 Å². The van der Waals surface area contributed by atoms with Crippen molar-refractivity contribution in [1.29, 1.82) is 10.5 Å². The number of nitriles is 2. The molecule has 0 spiro atoms. The average Bonchev–Trinajstić information content (AvgIpc) is 2.58. The first-order valence-electron chi connectivity index (χ1n) is 6.51. The van der Waals surface area contributed by atoms with E-state index in [1.807, 2.05) is 12.1 Å². The van der Waals surface area contributed by atoms with Crippen molar-refractivity contribution in [2.45, 2.75) is 0 Å². The second-order valence-electron chi connectivity index (χ2n) is 4.82. The van der Waals surface area contributed by atoms with Crippen LogP contribution < -0.4 is 0 Å². The zero-order valence-electron chi connectivity index (χ0n) is 11.3. The van der Waals surface area contributed by atoms with Crippen LogP contribution >= 0.6 is 0 Å². The molecule has 3 rings (SSSR count). The monoisotopic (exact) mass is 284 g/mol. The molecular formula is C17H8N4O. The third-order valence-electron chi connectivity index (χ3n) is 3.75. The highest BCUT2D eigenvalue weighted by atomic mass is 16.1. The average molecular weight is 284 g/mol. The summed E-state index contributed by atoms with van der Waals surface area (Å²) in [4.78, 5) is 15.9. The maximum absolute atomic E-state index is 12.7. The minimum atomic E-state index is -0.795. The molecule has 0 saturated carbocycles. The minimum absolute atomic E-state index is 0.0659. The molecule has 22 heavy (non-hydrogen) atoms. The Morgan fingerprint density at radius 2 is 1.86 bits per heavy atom. The first-order chi connectivity index (χ1) is 10.7. The normalized spacial score (nSPS) is 18.4. The van der Waals surface area contributed by atoms with Gasteiger partial charge < -0.3 is 5.53 Å². The van der Waals surface area contributed by atoms with Gasteiger partial charge in [-0.3, -0.25) is 4.79 Å². The summed E-state index contributed by atoms with van der Waals surface area (Å²) >= 11 is 0. The number of ketones is 1. The van der Waals surface area contributed by atoms with Crippen LogP contribution in [0, 0.1) is 28.6 Å². The Kier molecular flexibility index (Phi) is 3.12. The Balaban J connectivity index is 2.44. The van der Waals surface area contributed by atoms with Gasteiger partial charge in [-0.15, -0.1) is 0 Å². The zero-order valence-corrected chi connectivity index (χ0v) is 11.3. The third kappa shape index (κ3) is 1.75. The number of hydrogen-bond acceptors (Lipinski definition) is 3. The van der Waals surface area contributed by atoms with E-state index in [1.54, 1.807) is 36.4 Å². The van der Waals surface area contributed by atoms with Crippen molar-refractivity contribution in [3.63, 3.8) is 0 Å². The number of nitrogens with zero attached hydrogens (tertiary/aromatic N) is 4. The highest BCUT2D eigenvalue weighted by Gasteiger charge is 2.42. The Labute approximate surface area is 126 Å². The topological polar surface area (TPSA) is 101 Å². The van der Waals surface area contributed by atoms with Gasteiger partial charge in [-0.05, 0) is 11.1 Å². The fourth-order valence-electron chi connectivity index (χ4n) is 2.84. The predicted octanol–water partition coefficient (Wildman–Crippen LogP) is 2.47. The number of hydrogen-bond donors (Lipinski definition) is 0. The van der Waals surface area contributed by atoms with Gasteiger partial charge in [0.05, 0.1) is 0 Å². The van der Waals surface area contributed by atoms with E-state index in [0.717, 1.165) is 0 Å².